The molecular formula is C16H8Cl2F3N7. The van der Waals surface area contributed by atoms with E-state index < -0.39 is 11.7 Å². The minimum atomic E-state index is -4.61. The number of nitriles is 2. The van der Waals surface area contributed by atoms with Gasteiger partial charge in [-0.2, -0.15) is 28.8 Å². The van der Waals surface area contributed by atoms with Crippen LogP contribution < -0.4 is 0 Å². The second-order valence-electron chi connectivity index (χ2n) is 5.46. The Morgan fingerprint density at radius 1 is 1.14 bits per heavy atom. The zero-order valence-electron chi connectivity index (χ0n) is 13.9. The number of nitrogens with zero attached hydrogens (tertiary/aromatic N) is 6. The maximum absolute atomic E-state index is 12.9. The van der Waals surface area contributed by atoms with Gasteiger partial charge in [-0.15, -0.1) is 9.90 Å². The highest BCUT2D eigenvalue weighted by atomic mass is 35.5. The van der Waals surface area contributed by atoms with E-state index in [4.69, 9.17) is 33.7 Å². The molecule has 1 aromatic carbocycles. The molecule has 0 atom stereocenters. The molecule has 0 unspecified atom stereocenters. The fourth-order valence-electron chi connectivity index (χ4n) is 2.43. The number of aryl methyl sites for hydroxylation is 1. The number of halogens is 5. The summed E-state index contributed by atoms with van der Waals surface area (Å²) in [6, 6.07) is 5.05. The van der Waals surface area contributed by atoms with Gasteiger partial charge in [0.1, 0.15) is 17.8 Å². The predicted octanol–water partition coefficient (Wildman–Crippen LogP) is 4.29. The number of rotatable bonds is 3. The van der Waals surface area contributed by atoms with Crippen LogP contribution in [-0.2, 0) is 12.6 Å². The molecule has 2 aromatic heterocycles. The lowest BCUT2D eigenvalue weighted by Gasteiger charge is -2.11. The number of aromatic amines is 1. The van der Waals surface area contributed by atoms with Gasteiger partial charge in [0.15, 0.2) is 22.9 Å². The van der Waals surface area contributed by atoms with Crippen LogP contribution in [0.15, 0.2) is 12.1 Å². The largest absolute Gasteiger partial charge is 0.416 e. The Hall–Kier alpha value is -3.08. The van der Waals surface area contributed by atoms with Crippen LogP contribution in [-0.4, -0.2) is 25.0 Å². The summed E-state index contributed by atoms with van der Waals surface area (Å²) in [5, 5.41) is 25.9. The van der Waals surface area contributed by atoms with Crippen LogP contribution in [0.3, 0.4) is 0 Å². The molecule has 12 heteroatoms. The SMILES string of the molecule is CCc1nn(-c2c(Cl)cc(C(F)(F)F)cc2Cl)nc1-c1nc(C#N)c(C#N)[nH]1. The fourth-order valence-corrected chi connectivity index (χ4v) is 3.06. The lowest BCUT2D eigenvalue weighted by Crippen LogP contribution is -2.08. The summed E-state index contributed by atoms with van der Waals surface area (Å²) in [6.07, 6.45) is -4.23. The van der Waals surface area contributed by atoms with Crippen LogP contribution >= 0.6 is 23.2 Å². The first-order valence-corrected chi connectivity index (χ1v) is 8.38. The minimum Gasteiger partial charge on any atom is -0.327 e. The summed E-state index contributed by atoms with van der Waals surface area (Å²) < 4.78 is 38.7. The number of aromatic nitrogens is 5. The van der Waals surface area contributed by atoms with E-state index >= 15 is 0 Å². The number of imidazole rings is 1. The normalized spacial score (nSPS) is 11.3. The molecule has 3 rings (SSSR count). The van der Waals surface area contributed by atoms with Gasteiger partial charge in [-0.25, -0.2) is 4.98 Å². The molecule has 1 N–H and O–H groups in total. The Bertz CT molecular complexity index is 1090. The van der Waals surface area contributed by atoms with Crippen molar-refractivity contribution in [3.8, 4) is 29.3 Å². The molecule has 0 aliphatic rings. The molecule has 0 saturated carbocycles. The highest BCUT2D eigenvalue weighted by molar-refractivity contribution is 6.37. The van der Waals surface area contributed by atoms with Crippen LogP contribution in [0.4, 0.5) is 13.2 Å². The highest BCUT2D eigenvalue weighted by Gasteiger charge is 2.32. The van der Waals surface area contributed by atoms with E-state index in [9.17, 15) is 13.2 Å². The van der Waals surface area contributed by atoms with Crippen LogP contribution in [0.5, 0.6) is 0 Å². The molecule has 7 nitrogen and oxygen atoms in total. The molecule has 0 aliphatic heterocycles. The van der Waals surface area contributed by atoms with E-state index in [0.29, 0.717) is 12.1 Å². The topological polar surface area (TPSA) is 107 Å². The average molecular weight is 426 g/mol. The molecule has 0 amide bonds. The van der Waals surface area contributed by atoms with Crippen LogP contribution in [0.2, 0.25) is 10.0 Å². The quantitative estimate of drug-likeness (QED) is 0.673. The third kappa shape index (κ3) is 3.40. The van der Waals surface area contributed by atoms with Gasteiger partial charge < -0.3 is 4.98 Å². The van der Waals surface area contributed by atoms with E-state index in [2.05, 4.69) is 20.2 Å². The van der Waals surface area contributed by atoms with E-state index in [1.165, 1.54) is 0 Å². The van der Waals surface area contributed by atoms with Gasteiger partial charge in [-0.05, 0) is 18.6 Å². The van der Waals surface area contributed by atoms with Gasteiger partial charge >= 0.3 is 6.18 Å². The summed E-state index contributed by atoms with van der Waals surface area (Å²) >= 11 is 12.0. The summed E-state index contributed by atoms with van der Waals surface area (Å²) in [4.78, 5) is 7.68. The van der Waals surface area contributed by atoms with E-state index in [1.807, 2.05) is 0 Å². The number of hydrogen-bond acceptors (Lipinski definition) is 5. The fraction of sp³-hybridized carbons (Fsp3) is 0.188. The zero-order chi connectivity index (χ0) is 20.6. The number of alkyl halides is 3. The smallest absolute Gasteiger partial charge is 0.327 e. The van der Waals surface area contributed by atoms with Crippen molar-refractivity contribution in [2.45, 2.75) is 19.5 Å². The van der Waals surface area contributed by atoms with Crippen molar-refractivity contribution < 1.29 is 13.2 Å². The number of hydrogen-bond donors (Lipinski definition) is 1. The van der Waals surface area contributed by atoms with Gasteiger partial charge in [-0.1, -0.05) is 30.1 Å². The zero-order valence-corrected chi connectivity index (χ0v) is 15.4. The van der Waals surface area contributed by atoms with E-state index in [1.54, 1.807) is 19.1 Å². The molecular weight excluding hydrogens is 418 g/mol. The van der Waals surface area contributed by atoms with Gasteiger partial charge in [0.25, 0.3) is 0 Å². The molecule has 142 valence electrons. The maximum Gasteiger partial charge on any atom is 0.416 e. The van der Waals surface area contributed by atoms with Crippen LogP contribution in [0, 0.1) is 22.7 Å². The highest BCUT2D eigenvalue weighted by Crippen LogP contribution is 2.37. The Morgan fingerprint density at radius 2 is 1.79 bits per heavy atom. The minimum absolute atomic E-state index is 0.0372. The first-order chi connectivity index (χ1) is 13.2. The van der Waals surface area contributed by atoms with Gasteiger partial charge in [0.2, 0.25) is 0 Å². The molecule has 0 fully saturated rings. The summed E-state index contributed by atoms with van der Waals surface area (Å²) in [5.74, 6) is 0.121. The average Bonchev–Trinajstić information content (AvgIpc) is 3.23. The number of nitrogens with one attached hydrogen (secondary N) is 1. The van der Waals surface area contributed by atoms with E-state index in [-0.39, 0.29) is 38.6 Å². The molecule has 0 spiro atoms. The Kier molecular flexibility index (Phi) is 5.02. The van der Waals surface area contributed by atoms with Gasteiger partial charge in [0.05, 0.1) is 21.3 Å². The molecule has 0 saturated heterocycles. The van der Waals surface area contributed by atoms with Crippen molar-refractivity contribution in [3.63, 3.8) is 0 Å². The molecule has 2 heterocycles. The molecule has 0 radical (unpaired) electrons. The second kappa shape index (κ2) is 7.15. The standard InChI is InChI=1S/C16H8Cl2F3N7/c1-2-10-13(15-24-11(5-22)12(6-23)25-15)27-28(26-10)14-8(17)3-7(4-9(14)18)16(19,20)21/h3-4H,2H2,1H3,(H,24,25). The number of H-pyrrole nitrogens is 1. The maximum atomic E-state index is 12.9. The van der Waals surface area contributed by atoms with Gasteiger partial charge in [-0.3, -0.25) is 0 Å². The second-order valence-corrected chi connectivity index (χ2v) is 6.27. The molecule has 28 heavy (non-hydrogen) atoms. The molecule has 3 aromatic rings. The van der Waals surface area contributed by atoms with Crippen molar-refractivity contribution in [1.29, 1.82) is 10.5 Å². The summed E-state index contributed by atoms with van der Waals surface area (Å²) in [6.45, 7) is 1.77. The molecule has 0 aliphatic carbocycles. The number of benzene rings is 1. The summed E-state index contributed by atoms with van der Waals surface area (Å²) in [7, 11) is 0. The van der Waals surface area contributed by atoms with E-state index in [0.717, 1.165) is 16.9 Å². The predicted molar refractivity (Wildman–Crippen MR) is 92.8 cm³/mol. The van der Waals surface area contributed by atoms with Crippen molar-refractivity contribution in [2.75, 3.05) is 0 Å². The van der Waals surface area contributed by atoms with Crippen molar-refractivity contribution >= 4 is 23.2 Å². The van der Waals surface area contributed by atoms with Crippen molar-refractivity contribution in [1.82, 2.24) is 25.0 Å². The van der Waals surface area contributed by atoms with Crippen LogP contribution in [0.1, 0.15) is 29.6 Å². The Balaban J connectivity index is 2.16. The first-order valence-electron chi connectivity index (χ1n) is 7.63. The van der Waals surface area contributed by atoms with Crippen molar-refractivity contribution in [2.24, 2.45) is 0 Å². The lowest BCUT2D eigenvalue weighted by molar-refractivity contribution is -0.137. The van der Waals surface area contributed by atoms with Crippen LogP contribution in [0.25, 0.3) is 17.2 Å². The summed E-state index contributed by atoms with van der Waals surface area (Å²) in [5.41, 5.74) is -0.566. The first kappa shape index (κ1) is 19.7. The third-order valence-electron chi connectivity index (χ3n) is 3.71. The van der Waals surface area contributed by atoms with Crippen molar-refractivity contribution in [3.05, 3.63) is 44.8 Å². The monoisotopic (exact) mass is 425 g/mol. The molecule has 0 bridgehead atoms. The lowest BCUT2D eigenvalue weighted by atomic mass is 10.2. The van der Waals surface area contributed by atoms with Gasteiger partial charge in [0, 0.05) is 0 Å². The Labute approximate surface area is 165 Å². The third-order valence-corrected chi connectivity index (χ3v) is 4.28. The Morgan fingerprint density at radius 3 is 2.25 bits per heavy atom.